The number of pyridine rings is 1. The van der Waals surface area contributed by atoms with Crippen LogP contribution in [0, 0.1) is 13.8 Å². The molecule has 2 rings (SSSR count). The van der Waals surface area contributed by atoms with Crippen molar-refractivity contribution in [1.82, 2.24) is 4.98 Å². The third kappa shape index (κ3) is 2.12. The zero-order valence-electron chi connectivity index (χ0n) is 8.83. The molecule has 1 fully saturated rings. The molecule has 1 aliphatic heterocycles. The van der Waals surface area contributed by atoms with E-state index in [4.69, 9.17) is 11.6 Å². The zero-order chi connectivity index (χ0) is 11.0. The molecule has 1 unspecified atom stereocenters. The van der Waals surface area contributed by atoms with Gasteiger partial charge in [-0.3, -0.25) is 9.69 Å². The Kier molecular flexibility index (Phi) is 2.65. The third-order valence-corrected chi connectivity index (χ3v) is 2.73. The second-order valence-electron chi connectivity index (χ2n) is 3.95. The SMILES string of the molecule is Cc1cc(C)nc(N2CC(Cl)CC2=O)c1. The molecule has 1 amide bonds. The molecule has 0 radical (unpaired) electrons. The van der Waals surface area contributed by atoms with E-state index in [0.29, 0.717) is 13.0 Å². The highest BCUT2D eigenvalue weighted by Crippen LogP contribution is 2.23. The molecular formula is C11H13ClN2O. The molecule has 15 heavy (non-hydrogen) atoms. The minimum absolute atomic E-state index is 0.0625. The summed E-state index contributed by atoms with van der Waals surface area (Å²) < 4.78 is 0. The Morgan fingerprint density at radius 1 is 1.47 bits per heavy atom. The first-order valence-electron chi connectivity index (χ1n) is 4.96. The van der Waals surface area contributed by atoms with E-state index in [0.717, 1.165) is 17.1 Å². The summed E-state index contributed by atoms with van der Waals surface area (Å²) in [5.74, 6) is 0.785. The van der Waals surface area contributed by atoms with E-state index in [9.17, 15) is 4.79 Å². The van der Waals surface area contributed by atoms with Gasteiger partial charge in [0.2, 0.25) is 5.91 Å². The number of amides is 1. The van der Waals surface area contributed by atoms with Gasteiger partial charge in [0, 0.05) is 18.7 Å². The van der Waals surface area contributed by atoms with Gasteiger partial charge < -0.3 is 0 Å². The molecule has 2 heterocycles. The first-order chi connectivity index (χ1) is 7.06. The average Bonchev–Trinajstić information content (AvgIpc) is 2.43. The van der Waals surface area contributed by atoms with Gasteiger partial charge in [-0.05, 0) is 31.5 Å². The molecule has 0 saturated carbocycles. The van der Waals surface area contributed by atoms with Crippen molar-refractivity contribution in [2.45, 2.75) is 25.6 Å². The third-order valence-electron chi connectivity index (χ3n) is 2.44. The lowest BCUT2D eigenvalue weighted by atomic mass is 10.2. The predicted octanol–water partition coefficient (Wildman–Crippen LogP) is 2.04. The molecule has 0 aliphatic carbocycles. The molecule has 1 aromatic heterocycles. The van der Waals surface area contributed by atoms with Crippen molar-refractivity contribution in [1.29, 1.82) is 0 Å². The van der Waals surface area contributed by atoms with Crippen molar-refractivity contribution >= 4 is 23.3 Å². The Morgan fingerprint density at radius 2 is 2.20 bits per heavy atom. The molecule has 0 spiro atoms. The Morgan fingerprint density at radius 3 is 2.73 bits per heavy atom. The fourth-order valence-electron chi connectivity index (χ4n) is 1.84. The number of aromatic nitrogens is 1. The topological polar surface area (TPSA) is 33.2 Å². The molecule has 0 N–H and O–H groups in total. The van der Waals surface area contributed by atoms with E-state index in [1.165, 1.54) is 0 Å². The lowest BCUT2D eigenvalue weighted by Crippen LogP contribution is -2.25. The highest BCUT2D eigenvalue weighted by atomic mass is 35.5. The first kappa shape index (κ1) is 10.4. The molecule has 1 aliphatic rings. The number of carbonyl (C=O) groups is 1. The van der Waals surface area contributed by atoms with E-state index in [1.807, 2.05) is 26.0 Å². The van der Waals surface area contributed by atoms with E-state index in [2.05, 4.69) is 4.98 Å². The number of anilines is 1. The second-order valence-corrected chi connectivity index (χ2v) is 4.57. The lowest BCUT2D eigenvalue weighted by Gasteiger charge is -2.15. The van der Waals surface area contributed by atoms with Crippen LogP contribution in [0.4, 0.5) is 5.82 Å². The lowest BCUT2D eigenvalue weighted by molar-refractivity contribution is -0.117. The van der Waals surface area contributed by atoms with Gasteiger partial charge in [-0.1, -0.05) is 0 Å². The summed E-state index contributed by atoms with van der Waals surface area (Å²) in [5, 5.41) is -0.0832. The number of nitrogens with zero attached hydrogens (tertiary/aromatic N) is 2. The van der Waals surface area contributed by atoms with Gasteiger partial charge in [0.15, 0.2) is 0 Å². The zero-order valence-corrected chi connectivity index (χ0v) is 9.58. The van der Waals surface area contributed by atoms with Crippen molar-refractivity contribution in [3.8, 4) is 0 Å². The molecule has 1 aromatic rings. The Hall–Kier alpha value is -1.09. The molecule has 0 aromatic carbocycles. The van der Waals surface area contributed by atoms with Gasteiger partial charge in [-0.15, -0.1) is 11.6 Å². The fourth-order valence-corrected chi connectivity index (χ4v) is 2.11. The summed E-state index contributed by atoms with van der Waals surface area (Å²) in [6, 6.07) is 3.90. The Bertz CT molecular complexity index is 385. The number of aryl methyl sites for hydroxylation is 2. The van der Waals surface area contributed by atoms with E-state index < -0.39 is 0 Å². The van der Waals surface area contributed by atoms with Gasteiger partial charge in [-0.2, -0.15) is 0 Å². The van der Waals surface area contributed by atoms with Gasteiger partial charge in [-0.25, -0.2) is 4.98 Å². The number of rotatable bonds is 1. The van der Waals surface area contributed by atoms with Crippen LogP contribution in [-0.4, -0.2) is 22.8 Å². The van der Waals surface area contributed by atoms with E-state index in [1.54, 1.807) is 4.90 Å². The highest BCUT2D eigenvalue weighted by Gasteiger charge is 2.29. The summed E-state index contributed by atoms with van der Waals surface area (Å²) in [6.45, 7) is 4.49. The van der Waals surface area contributed by atoms with E-state index >= 15 is 0 Å². The summed E-state index contributed by atoms with van der Waals surface area (Å²) >= 11 is 5.94. The van der Waals surface area contributed by atoms with Gasteiger partial charge in [0.1, 0.15) is 5.82 Å². The molecule has 80 valence electrons. The van der Waals surface area contributed by atoms with Crippen molar-refractivity contribution in [2.75, 3.05) is 11.4 Å². The number of alkyl halides is 1. The van der Waals surface area contributed by atoms with Crippen molar-refractivity contribution in [2.24, 2.45) is 0 Å². The fraction of sp³-hybridized carbons (Fsp3) is 0.455. The minimum Gasteiger partial charge on any atom is -0.295 e. The highest BCUT2D eigenvalue weighted by molar-refractivity contribution is 6.24. The van der Waals surface area contributed by atoms with Crippen LogP contribution in [0.3, 0.4) is 0 Å². The molecular weight excluding hydrogens is 212 g/mol. The molecule has 1 atom stereocenters. The number of carbonyl (C=O) groups excluding carboxylic acids is 1. The first-order valence-corrected chi connectivity index (χ1v) is 5.39. The predicted molar refractivity (Wildman–Crippen MR) is 60.3 cm³/mol. The summed E-state index contributed by atoms with van der Waals surface area (Å²) in [5.41, 5.74) is 2.04. The van der Waals surface area contributed by atoms with Gasteiger partial charge >= 0.3 is 0 Å². The maximum Gasteiger partial charge on any atom is 0.229 e. The largest absolute Gasteiger partial charge is 0.295 e. The van der Waals surface area contributed by atoms with Crippen molar-refractivity contribution < 1.29 is 4.79 Å². The van der Waals surface area contributed by atoms with Gasteiger partial charge in [0.25, 0.3) is 0 Å². The number of hydrogen-bond acceptors (Lipinski definition) is 2. The summed E-state index contributed by atoms with van der Waals surface area (Å²) in [6.07, 6.45) is 0.413. The number of halogens is 1. The van der Waals surface area contributed by atoms with Crippen molar-refractivity contribution in [3.05, 3.63) is 23.4 Å². The minimum atomic E-state index is -0.0832. The smallest absolute Gasteiger partial charge is 0.229 e. The van der Waals surface area contributed by atoms with Gasteiger partial charge in [0.05, 0.1) is 5.38 Å². The maximum atomic E-state index is 11.6. The van der Waals surface area contributed by atoms with Crippen LogP contribution in [0.25, 0.3) is 0 Å². The molecule has 4 heteroatoms. The van der Waals surface area contributed by atoms with Crippen LogP contribution in [0.2, 0.25) is 0 Å². The van der Waals surface area contributed by atoms with Crippen LogP contribution in [0.5, 0.6) is 0 Å². The van der Waals surface area contributed by atoms with Crippen LogP contribution < -0.4 is 4.90 Å². The van der Waals surface area contributed by atoms with Crippen LogP contribution in [0.15, 0.2) is 12.1 Å². The van der Waals surface area contributed by atoms with Crippen LogP contribution in [-0.2, 0) is 4.79 Å². The normalized spacial score (nSPS) is 21.1. The number of hydrogen-bond donors (Lipinski definition) is 0. The molecule has 0 bridgehead atoms. The summed E-state index contributed by atoms with van der Waals surface area (Å²) in [7, 11) is 0. The average molecular weight is 225 g/mol. The quantitative estimate of drug-likeness (QED) is 0.684. The van der Waals surface area contributed by atoms with E-state index in [-0.39, 0.29) is 11.3 Å². The molecule has 3 nitrogen and oxygen atoms in total. The van der Waals surface area contributed by atoms with Crippen LogP contribution in [0.1, 0.15) is 17.7 Å². The second kappa shape index (κ2) is 3.81. The van der Waals surface area contributed by atoms with Crippen molar-refractivity contribution in [3.63, 3.8) is 0 Å². The standard InChI is InChI=1S/C11H13ClN2O/c1-7-3-8(2)13-10(4-7)14-6-9(12)5-11(14)15/h3-4,9H,5-6H2,1-2H3. The monoisotopic (exact) mass is 224 g/mol. The molecule has 1 saturated heterocycles. The Balaban J connectivity index is 2.33. The van der Waals surface area contributed by atoms with Crippen LogP contribution >= 0.6 is 11.6 Å². The Labute approximate surface area is 94.1 Å². The summed E-state index contributed by atoms with van der Waals surface area (Å²) in [4.78, 5) is 17.6. The maximum absolute atomic E-state index is 11.6.